The molecule has 0 radical (unpaired) electrons. The van der Waals surface area contributed by atoms with Gasteiger partial charge >= 0.3 is 5.97 Å². The summed E-state index contributed by atoms with van der Waals surface area (Å²) in [6.45, 7) is 1.06. The molecule has 0 aromatic heterocycles. The van der Waals surface area contributed by atoms with Crippen LogP contribution in [0.1, 0.15) is 29.6 Å². The van der Waals surface area contributed by atoms with Gasteiger partial charge in [-0.15, -0.1) is 0 Å². The second-order valence-electron chi connectivity index (χ2n) is 4.39. The van der Waals surface area contributed by atoms with E-state index < -0.39 is 28.0 Å². The van der Waals surface area contributed by atoms with Gasteiger partial charge in [-0.1, -0.05) is 0 Å². The highest BCUT2D eigenvalue weighted by molar-refractivity contribution is 5.90. The molecule has 0 aliphatic carbocycles. The first-order valence-corrected chi connectivity index (χ1v) is 6.41. The van der Waals surface area contributed by atoms with E-state index in [1.165, 1.54) is 0 Å². The van der Waals surface area contributed by atoms with E-state index in [0.717, 1.165) is 25.3 Å². The van der Waals surface area contributed by atoms with Crippen molar-refractivity contribution in [3.8, 4) is 0 Å². The molecule has 0 heterocycles. The Morgan fingerprint density at radius 3 is 2.71 bits per heavy atom. The molecule has 0 atom stereocenters. The number of nitro benzene ring substituents is 1. The maximum atomic E-state index is 13.4. The number of nitrogens with one attached hydrogen (secondary N) is 1. The molecule has 7 nitrogen and oxygen atoms in total. The number of nitro groups is 1. The summed E-state index contributed by atoms with van der Waals surface area (Å²) in [4.78, 5) is 21.0. The van der Waals surface area contributed by atoms with Crippen LogP contribution in [0.2, 0.25) is 0 Å². The lowest BCUT2D eigenvalue weighted by Gasteiger charge is -2.08. The number of hydrogen-bond donors (Lipinski definition) is 2. The first-order chi connectivity index (χ1) is 9.97. The van der Waals surface area contributed by atoms with E-state index in [2.05, 4.69) is 5.32 Å². The average molecular weight is 300 g/mol. The second kappa shape index (κ2) is 8.15. The SMILES string of the molecule is COCCCCCNc1cc(C(=O)O)c(F)cc1[N+](=O)[O-]. The number of ether oxygens (including phenoxy) is 1. The molecule has 0 amide bonds. The summed E-state index contributed by atoms with van der Waals surface area (Å²) in [6.07, 6.45) is 2.46. The minimum absolute atomic E-state index is 0.00513. The van der Waals surface area contributed by atoms with E-state index in [9.17, 15) is 19.3 Å². The van der Waals surface area contributed by atoms with Crippen LogP contribution >= 0.6 is 0 Å². The van der Waals surface area contributed by atoms with Gasteiger partial charge in [-0.2, -0.15) is 0 Å². The summed E-state index contributed by atoms with van der Waals surface area (Å²) in [6, 6.07) is 1.57. The zero-order chi connectivity index (χ0) is 15.8. The minimum Gasteiger partial charge on any atom is -0.478 e. The fourth-order valence-corrected chi connectivity index (χ4v) is 1.79. The van der Waals surface area contributed by atoms with Crippen molar-refractivity contribution in [1.29, 1.82) is 0 Å². The van der Waals surface area contributed by atoms with Crippen molar-refractivity contribution < 1.29 is 24.0 Å². The number of hydrogen-bond acceptors (Lipinski definition) is 5. The van der Waals surface area contributed by atoms with Gasteiger partial charge in [-0.05, 0) is 25.3 Å². The van der Waals surface area contributed by atoms with Crippen molar-refractivity contribution in [2.75, 3.05) is 25.6 Å². The van der Waals surface area contributed by atoms with Crippen LogP contribution in [0.4, 0.5) is 15.8 Å². The average Bonchev–Trinajstić information content (AvgIpc) is 2.43. The predicted molar refractivity (Wildman–Crippen MR) is 74.2 cm³/mol. The van der Waals surface area contributed by atoms with Crippen molar-refractivity contribution in [2.24, 2.45) is 0 Å². The quantitative estimate of drug-likeness (QED) is 0.413. The third-order valence-electron chi connectivity index (χ3n) is 2.85. The molecule has 2 N–H and O–H groups in total. The summed E-state index contributed by atoms with van der Waals surface area (Å²) in [5, 5.41) is 22.5. The molecule has 0 unspecified atom stereocenters. The molecule has 1 aromatic rings. The van der Waals surface area contributed by atoms with Gasteiger partial charge in [0, 0.05) is 20.3 Å². The number of anilines is 1. The lowest BCUT2D eigenvalue weighted by molar-refractivity contribution is -0.384. The summed E-state index contributed by atoms with van der Waals surface area (Å²) in [7, 11) is 1.60. The predicted octanol–water partition coefficient (Wildman–Crippen LogP) is 2.66. The van der Waals surface area contributed by atoms with Crippen LogP contribution in [0.3, 0.4) is 0 Å². The first-order valence-electron chi connectivity index (χ1n) is 6.41. The van der Waals surface area contributed by atoms with E-state index in [1.54, 1.807) is 7.11 Å². The summed E-state index contributed by atoms with van der Waals surface area (Å²) >= 11 is 0. The maximum absolute atomic E-state index is 13.4. The molecular formula is C13H17FN2O5. The van der Waals surface area contributed by atoms with E-state index >= 15 is 0 Å². The molecule has 0 saturated carbocycles. The van der Waals surface area contributed by atoms with Gasteiger partial charge in [0.25, 0.3) is 5.69 Å². The van der Waals surface area contributed by atoms with Crippen LogP contribution in [0.25, 0.3) is 0 Å². The van der Waals surface area contributed by atoms with E-state index in [1.807, 2.05) is 0 Å². The fraction of sp³-hybridized carbons (Fsp3) is 0.462. The Bertz CT molecular complexity index is 522. The van der Waals surface area contributed by atoms with E-state index in [4.69, 9.17) is 9.84 Å². The smallest absolute Gasteiger partial charge is 0.338 e. The number of carboxylic acid groups (broad SMARTS) is 1. The number of aromatic carboxylic acids is 1. The Morgan fingerprint density at radius 2 is 2.14 bits per heavy atom. The monoisotopic (exact) mass is 300 g/mol. The molecule has 0 aliphatic rings. The maximum Gasteiger partial charge on any atom is 0.338 e. The number of carboxylic acids is 1. The molecule has 0 bridgehead atoms. The Morgan fingerprint density at radius 1 is 1.43 bits per heavy atom. The lowest BCUT2D eigenvalue weighted by Crippen LogP contribution is -2.08. The number of nitrogens with zero attached hydrogens (tertiary/aromatic N) is 1. The van der Waals surface area contributed by atoms with Crippen molar-refractivity contribution in [3.63, 3.8) is 0 Å². The Kier molecular flexibility index (Phi) is 6.54. The van der Waals surface area contributed by atoms with Crippen LogP contribution in [-0.2, 0) is 4.74 Å². The summed E-state index contributed by atoms with van der Waals surface area (Å²) < 4.78 is 18.3. The molecular weight excluding hydrogens is 283 g/mol. The van der Waals surface area contributed by atoms with Gasteiger partial charge in [0.2, 0.25) is 0 Å². The molecule has 21 heavy (non-hydrogen) atoms. The molecule has 116 valence electrons. The number of methoxy groups -OCH3 is 1. The van der Waals surface area contributed by atoms with Gasteiger partial charge in [0.1, 0.15) is 11.5 Å². The van der Waals surface area contributed by atoms with Gasteiger partial charge < -0.3 is 15.2 Å². The van der Waals surface area contributed by atoms with Gasteiger partial charge in [-0.3, -0.25) is 10.1 Å². The fourth-order valence-electron chi connectivity index (χ4n) is 1.79. The van der Waals surface area contributed by atoms with Gasteiger partial charge in [0.15, 0.2) is 0 Å². The van der Waals surface area contributed by atoms with Crippen LogP contribution in [0, 0.1) is 15.9 Å². The number of benzene rings is 1. The highest BCUT2D eigenvalue weighted by atomic mass is 19.1. The zero-order valence-corrected chi connectivity index (χ0v) is 11.6. The molecule has 1 rings (SSSR count). The second-order valence-corrected chi connectivity index (χ2v) is 4.39. The molecule has 0 aliphatic heterocycles. The van der Waals surface area contributed by atoms with E-state index in [-0.39, 0.29) is 5.69 Å². The number of carbonyl (C=O) groups is 1. The minimum atomic E-state index is -1.47. The lowest BCUT2D eigenvalue weighted by atomic mass is 10.1. The zero-order valence-electron chi connectivity index (χ0n) is 11.6. The topological polar surface area (TPSA) is 102 Å². The molecule has 0 spiro atoms. The van der Waals surface area contributed by atoms with Crippen LogP contribution in [0.15, 0.2) is 12.1 Å². The van der Waals surface area contributed by atoms with Gasteiger partial charge in [0.05, 0.1) is 16.6 Å². The van der Waals surface area contributed by atoms with Crippen molar-refractivity contribution >= 4 is 17.3 Å². The highest BCUT2D eigenvalue weighted by Crippen LogP contribution is 2.28. The number of rotatable bonds is 9. The summed E-state index contributed by atoms with van der Waals surface area (Å²) in [5.41, 5.74) is -1.07. The Labute approximate surface area is 120 Å². The number of unbranched alkanes of at least 4 members (excludes halogenated alkanes) is 2. The van der Waals surface area contributed by atoms with Crippen molar-refractivity contribution in [3.05, 3.63) is 33.6 Å². The third-order valence-corrected chi connectivity index (χ3v) is 2.85. The van der Waals surface area contributed by atoms with Crippen molar-refractivity contribution in [2.45, 2.75) is 19.3 Å². The largest absolute Gasteiger partial charge is 0.478 e. The van der Waals surface area contributed by atoms with Gasteiger partial charge in [-0.25, -0.2) is 9.18 Å². The van der Waals surface area contributed by atoms with Crippen LogP contribution in [0.5, 0.6) is 0 Å². The van der Waals surface area contributed by atoms with Crippen LogP contribution in [-0.4, -0.2) is 36.3 Å². The number of halogens is 1. The van der Waals surface area contributed by atoms with E-state index in [0.29, 0.717) is 19.2 Å². The summed E-state index contributed by atoms with van der Waals surface area (Å²) in [5.74, 6) is -2.59. The molecule has 8 heteroatoms. The Balaban J connectivity index is 2.76. The van der Waals surface area contributed by atoms with Crippen LogP contribution < -0.4 is 5.32 Å². The van der Waals surface area contributed by atoms with Crippen molar-refractivity contribution in [1.82, 2.24) is 0 Å². The normalized spacial score (nSPS) is 10.4. The first kappa shape index (κ1) is 16.8. The third kappa shape index (κ3) is 4.99. The molecule has 1 aromatic carbocycles. The highest BCUT2D eigenvalue weighted by Gasteiger charge is 2.21. The standard InChI is InChI=1S/C13H17FN2O5/c1-21-6-4-2-3-5-15-11-7-9(13(17)18)10(14)8-12(11)16(19)20/h7-8,15H,2-6H2,1H3,(H,17,18). The Hall–Kier alpha value is -2.22. The molecule has 0 saturated heterocycles. The molecule has 0 fully saturated rings.